The van der Waals surface area contributed by atoms with E-state index in [1.807, 2.05) is 49.5 Å². The Morgan fingerprint density at radius 3 is 2.75 bits per heavy atom. The average Bonchev–Trinajstić information content (AvgIpc) is 3.45. The van der Waals surface area contributed by atoms with Crippen LogP contribution < -0.4 is 19.6 Å². The largest absolute Gasteiger partial charge is 0.496 e. The van der Waals surface area contributed by atoms with Crippen LogP contribution in [0, 0.1) is 0 Å². The molecule has 206 valence electrons. The Balaban J connectivity index is 1.81. The number of methoxy groups -OCH3 is 1. The molecule has 0 amide bonds. The summed E-state index contributed by atoms with van der Waals surface area (Å²) in [5, 5.41) is 1.49. The van der Waals surface area contributed by atoms with E-state index in [2.05, 4.69) is 11.1 Å². The van der Waals surface area contributed by atoms with E-state index in [1.54, 1.807) is 36.8 Å². The molecule has 0 N–H and O–H groups in total. The van der Waals surface area contributed by atoms with Gasteiger partial charge in [0.1, 0.15) is 11.8 Å². The zero-order valence-corrected chi connectivity index (χ0v) is 24.2. The van der Waals surface area contributed by atoms with Gasteiger partial charge in [0.2, 0.25) is 0 Å². The highest BCUT2D eigenvalue weighted by Gasteiger charge is 2.36. The van der Waals surface area contributed by atoms with Gasteiger partial charge in [-0.05, 0) is 43.7 Å². The maximum Gasteiger partial charge on any atom is 0.338 e. The lowest BCUT2D eigenvalue weighted by Crippen LogP contribution is -2.40. The number of nitrogens with zero attached hydrogens (tertiary/aromatic N) is 3. The van der Waals surface area contributed by atoms with Crippen LogP contribution in [0.3, 0.4) is 0 Å². The van der Waals surface area contributed by atoms with Crippen molar-refractivity contribution in [3.8, 4) is 5.75 Å². The van der Waals surface area contributed by atoms with Gasteiger partial charge >= 0.3 is 5.97 Å². The van der Waals surface area contributed by atoms with Crippen molar-refractivity contribution in [2.75, 3.05) is 13.7 Å². The molecule has 2 aromatic heterocycles. The van der Waals surface area contributed by atoms with Crippen LogP contribution in [0.15, 0.2) is 82.4 Å². The van der Waals surface area contributed by atoms with Crippen molar-refractivity contribution >= 4 is 45.9 Å². The third kappa shape index (κ3) is 4.93. The summed E-state index contributed by atoms with van der Waals surface area (Å²) in [7, 11) is 1.55. The third-order valence-electron chi connectivity index (χ3n) is 6.81. The minimum absolute atomic E-state index is 0.195. The topological polar surface area (TPSA) is 74.8 Å². The zero-order chi connectivity index (χ0) is 28.4. The number of carbonyl (C=O) groups is 1. The van der Waals surface area contributed by atoms with Crippen LogP contribution in [0.5, 0.6) is 5.75 Å². The van der Waals surface area contributed by atoms with E-state index in [4.69, 9.17) is 26.1 Å². The lowest BCUT2D eigenvalue weighted by Gasteiger charge is -2.27. The van der Waals surface area contributed by atoms with Crippen LogP contribution in [-0.2, 0) is 16.1 Å². The van der Waals surface area contributed by atoms with Crippen LogP contribution >= 0.6 is 22.9 Å². The molecule has 3 heterocycles. The van der Waals surface area contributed by atoms with Crippen LogP contribution in [0.4, 0.5) is 0 Å². The fourth-order valence-corrected chi connectivity index (χ4v) is 6.35. The number of para-hydroxylation sites is 1. The maximum atomic E-state index is 14.2. The smallest absolute Gasteiger partial charge is 0.338 e. The number of carbonyl (C=O) groups excluding carboxylic acids is 1. The van der Waals surface area contributed by atoms with Crippen molar-refractivity contribution in [1.29, 1.82) is 0 Å². The first-order valence-corrected chi connectivity index (χ1v) is 14.3. The summed E-state index contributed by atoms with van der Waals surface area (Å²) in [5.41, 5.74) is 3.23. The van der Waals surface area contributed by atoms with Gasteiger partial charge in [0.05, 0.1) is 29.5 Å². The molecular weight excluding hydrogens is 546 g/mol. The molecule has 4 aromatic rings. The van der Waals surface area contributed by atoms with Gasteiger partial charge in [0.25, 0.3) is 5.56 Å². The molecule has 40 heavy (non-hydrogen) atoms. The highest BCUT2D eigenvalue weighted by atomic mass is 35.5. The Bertz CT molecular complexity index is 1830. The number of hydrogen-bond acceptors (Lipinski definition) is 6. The number of benzene rings is 2. The van der Waals surface area contributed by atoms with E-state index in [1.165, 1.54) is 11.3 Å². The molecule has 0 fully saturated rings. The van der Waals surface area contributed by atoms with E-state index >= 15 is 0 Å². The van der Waals surface area contributed by atoms with E-state index < -0.39 is 12.0 Å². The summed E-state index contributed by atoms with van der Waals surface area (Å²) < 4.78 is 15.3. The Kier molecular flexibility index (Phi) is 8.09. The molecule has 2 aromatic carbocycles. The summed E-state index contributed by atoms with van der Waals surface area (Å²) in [5.74, 6) is -0.000439. The predicted molar refractivity (Wildman–Crippen MR) is 160 cm³/mol. The molecule has 0 saturated carbocycles. The Hall–Kier alpha value is -3.88. The van der Waals surface area contributed by atoms with E-state index in [-0.39, 0.29) is 12.2 Å². The molecule has 1 aliphatic rings. The Morgan fingerprint density at radius 1 is 1.23 bits per heavy atom. The number of aromatic nitrogens is 2. The standard InChI is InChI=1S/C31H30ClN3O4S/c1-5-10-23-27(30(37)39-7-3)28(22-17-20(32)13-14-25(22)38-4)35-29(36)26(40-31(35)33-23)16-19-18-34(15-6-2)24-12-9-8-11-21(19)24/h6,8-9,11-14,16-18,28H,2,5,7,10,15H2,1,3-4H3/b26-16+/t28-/m1/s1. The summed E-state index contributed by atoms with van der Waals surface area (Å²) in [6.07, 6.45) is 7.07. The third-order valence-corrected chi connectivity index (χ3v) is 8.03. The van der Waals surface area contributed by atoms with Crippen LogP contribution in [-0.4, -0.2) is 28.8 Å². The predicted octanol–water partition coefficient (Wildman–Crippen LogP) is 5.38. The number of thiazole rings is 1. The first-order chi connectivity index (χ1) is 19.4. The molecule has 0 saturated heterocycles. The number of halogens is 1. The monoisotopic (exact) mass is 575 g/mol. The highest BCUT2D eigenvalue weighted by molar-refractivity contribution is 7.07. The number of hydrogen-bond donors (Lipinski definition) is 0. The van der Waals surface area contributed by atoms with Gasteiger partial charge in [-0.25, -0.2) is 9.79 Å². The fraction of sp³-hybridized carbons (Fsp3) is 0.258. The lowest BCUT2D eigenvalue weighted by atomic mass is 9.93. The molecule has 0 spiro atoms. The van der Waals surface area contributed by atoms with E-state index in [0.29, 0.717) is 49.9 Å². The molecule has 9 heteroatoms. The van der Waals surface area contributed by atoms with Gasteiger partial charge in [-0.1, -0.05) is 60.6 Å². The Labute approximate surface area is 240 Å². The molecule has 0 unspecified atom stereocenters. The SMILES string of the molecule is C=CCn1cc(/C=c2/sc3n(c2=O)[C@H](c2cc(Cl)ccc2OC)C(C(=O)OCC)=C(CCC)N=3)c2ccccc21. The highest BCUT2D eigenvalue weighted by Crippen LogP contribution is 2.38. The van der Waals surface area contributed by atoms with Crippen molar-refractivity contribution in [2.45, 2.75) is 39.3 Å². The average molecular weight is 576 g/mol. The number of ether oxygens (including phenoxy) is 2. The molecular formula is C31H30ClN3O4S. The molecule has 0 bridgehead atoms. The molecule has 0 radical (unpaired) electrons. The number of allylic oxidation sites excluding steroid dienone is 2. The van der Waals surface area contributed by atoms with Crippen molar-refractivity contribution < 1.29 is 14.3 Å². The van der Waals surface area contributed by atoms with Crippen molar-refractivity contribution in [3.05, 3.63) is 108 Å². The fourth-order valence-electron chi connectivity index (χ4n) is 5.16. The molecule has 1 aliphatic heterocycles. The van der Waals surface area contributed by atoms with Gasteiger partial charge in [0.15, 0.2) is 4.80 Å². The van der Waals surface area contributed by atoms with Crippen molar-refractivity contribution in [2.24, 2.45) is 4.99 Å². The van der Waals surface area contributed by atoms with Gasteiger partial charge in [-0.3, -0.25) is 9.36 Å². The number of esters is 1. The summed E-state index contributed by atoms with van der Waals surface area (Å²) >= 11 is 7.73. The Morgan fingerprint density at radius 2 is 2.02 bits per heavy atom. The first kappa shape index (κ1) is 27.7. The van der Waals surface area contributed by atoms with Gasteiger partial charge in [-0.2, -0.15) is 0 Å². The number of fused-ring (bicyclic) bond motifs is 2. The quantitative estimate of drug-likeness (QED) is 0.198. The minimum atomic E-state index is -0.810. The second-order valence-corrected chi connectivity index (χ2v) is 10.8. The second kappa shape index (κ2) is 11.7. The summed E-state index contributed by atoms with van der Waals surface area (Å²) in [4.78, 5) is 32.9. The molecule has 7 nitrogen and oxygen atoms in total. The minimum Gasteiger partial charge on any atom is -0.496 e. The van der Waals surface area contributed by atoms with E-state index in [9.17, 15) is 9.59 Å². The number of rotatable bonds is 9. The van der Waals surface area contributed by atoms with Crippen LogP contribution in [0.25, 0.3) is 17.0 Å². The molecule has 0 aliphatic carbocycles. The van der Waals surface area contributed by atoms with Gasteiger partial charge < -0.3 is 14.0 Å². The summed E-state index contributed by atoms with van der Waals surface area (Å²) in [6.45, 7) is 8.49. The van der Waals surface area contributed by atoms with Crippen molar-refractivity contribution in [3.63, 3.8) is 0 Å². The van der Waals surface area contributed by atoms with Gasteiger partial charge in [0, 0.05) is 39.8 Å². The summed E-state index contributed by atoms with van der Waals surface area (Å²) in [6, 6.07) is 12.4. The molecule has 1 atom stereocenters. The lowest BCUT2D eigenvalue weighted by molar-refractivity contribution is -0.139. The first-order valence-electron chi connectivity index (χ1n) is 13.2. The zero-order valence-electron chi connectivity index (χ0n) is 22.6. The van der Waals surface area contributed by atoms with Gasteiger partial charge in [-0.15, -0.1) is 6.58 Å². The normalized spacial score (nSPS) is 15.2. The van der Waals surface area contributed by atoms with Crippen molar-refractivity contribution in [1.82, 2.24) is 9.13 Å². The van der Waals surface area contributed by atoms with E-state index in [0.717, 1.165) is 22.9 Å². The van der Waals surface area contributed by atoms with Crippen LogP contribution in [0.1, 0.15) is 43.9 Å². The second-order valence-electron chi connectivity index (χ2n) is 9.34. The maximum absolute atomic E-state index is 14.2. The molecule has 5 rings (SSSR count). The van der Waals surface area contributed by atoms with Crippen LogP contribution in [0.2, 0.25) is 5.02 Å².